The van der Waals surface area contributed by atoms with E-state index in [1.54, 1.807) is 7.05 Å². The summed E-state index contributed by atoms with van der Waals surface area (Å²) in [5.74, 6) is 3.13. The number of nitrogens with two attached hydrogens (primary N) is 1. The van der Waals surface area contributed by atoms with Crippen molar-refractivity contribution in [2.75, 3.05) is 25.5 Å². The Bertz CT molecular complexity index is 1100. The zero-order chi connectivity index (χ0) is 21.1. The number of carbonyl (C=O) groups excluding carboxylic acids is 1. The first-order valence-corrected chi connectivity index (χ1v) is 9.93. The molecule has 0 radical (unpaired) electrons. The number of piperidine rings is 1. The molecule has 0 saturated carbocycles. The Labute approximate surface area is 175 Å². The van der Waals surface area contributed by atoms with E-state index in [2.05, 4.69) is 31.5 Å². The average Bonchev–Trinajstić information content (AvgIpc) is 3.18. The first kappa shape index (κ1) is 19.9. The molecule has 1 aliphatic heterocycles. The van der Waals surface area contributed by atoms with Crippen molar-refractivity contribution in [2.24, 2.45) is 11.7 Å². The number of likely N-dealkylation sites (tertiary alicyclic amines) is 1. The molecule has 4 N–H and O–H groups in total. The van der Waals surface area contributed by atoms with E-state index in [1.807, 2.05) is 41.0 Å². The highest BCUT2D eigenvalue weighted by Crippen LogP contribution is 2.26. The van der Waals surface area contributed by atoms with Gasteiger partial charge in [-0.05, 0) is 36.2 Å². The first-order valence-electron chi connectivity index (χ1n) is 9.93. The summed E-state index contributed by atoms with van der Waals surface area (Å²) in [7, 11) is 1.65. The summed E-state index contributed by atoms with van der Waals surface area (Å²) in [5.41, 5.74) is 9.82. The predicted molar refractivity (Wildman–Crippen MR) is 116 cm³/mol. The quantitative estimate of drug-likeness (QED) is 0.556. The molecule has 1 aliphatic rings. The molecule has 1 amide bonds. The van der Waals surface area contributed by atoms with Crippen molar-refractivity contribution in [2.45, 2.75) is 19.0 Å². The summed E-state index contributed by atoms with van der Waals surface area (Å²) in [6.45, 7) is 2.15. The minimum atomic E-state index is -0.210. The lowest BCUT2D eigenvalue weighted by Crippen LogP contribution is -2.52. The Morgan fingerprint density at radius 2 is 2.27 bits per heavy atom. The van der Waals surface area contributed by atoms with Gasteiger partial charge in [0.1, 0.15) is 11.8 Å². The number of hydrogen-bond acceptors (Lipinski definition) is 6. The summed E-state index contributed by atoms with van der Waals surface area (Å²) >= 11 is 0. The van der Waals surface area contributed by atoms with Gasteiger partial charge in [-0.2, -0.15) is 5.10 Å². The van der Waals surface area contributed by atoms with Gasteiger partial charge in [0, 0.05) is 50.2 Å². The van der Waals surface area contributed by atoms with Gasteiger partial charge in [0.2, 0.25) is 5.91 Å². The number of benzene rings is 1. The molecule has 0 bridgehead atoms. The fraction of sp³-hybridized carbons (Fsp3) is 0.318. The molecular weight excluding hydrogens is 378 g/mol. The first-order chi connectivity index (χ1) is 14.6. The Kier molecular flexibility index (Phi) is 5.65. The van der Waals surface area contributed by atoms with Crippen molar-refractivity contribution in [3.05, 3.63) is 54.0 Å². The molecule has 0 aliphatic carbocycles. The Morgan fingerprint density at radius 1 is 1.40 bits per heavy atom. The molecule has 1 unspecified atom stereocenters. The lowest BCUT2D eigenvalue weighted by molar-refractivity contribution is -0.126. The predicted octanol–water partition coefficient (Wildman–Crippen LogP) is 1.35. The normalized spacial score (nSPS) is 19.4. The fourth-order valence-electron chi connectivity index (χ4n) is 3.95. The zero-order valence-corrected chi connectivity index (χ0v) is 16.9. The van der Waals surface area contributed by atoms with Crippen LogP contribution in [0.5, 0.6) is 0 Å². The van der Waals surface area contributed by atoms with Gasteiger partial charge < -0.3 is 16.4 Å². The maximum Gasteiger partial charge on any atom is 0.225 e. The van der Waals surface area contributed by atoms with Gasteiger partial charge in [0.15, 0.2) is 5.82 Å². The van der Waals surface area contributed by atoms with Gasteiger partial charge >= 0.3 is 0 Å². The number of aromatic nitrogens is 3. The molecule has 0 spiro atoms. The van der Waals surface area contributed by atoms with E-state index in [0.29, 0.717) is 18.9 Å². The molecule has 8 heteroatoms. The van der Waals surface area contributed by atoms with Crippen LogP contribution in [0.15, 0.2) is 42.9 Å². The molecule has 2 aromatic heterocycles. The van der Waals surface area contributed by atoms with Gasteiger partial charge in [-0.3, -0.25) is 9.69 Å². The van der Waals surface area contributed by atoms with E-state index in [0.717, 1.165) is 35.3 Å². The topological polar surface area (TPSA) is 101 Å². The number of carbonyl (C=O) groups is 1. The summed E-state index contributed by atoms with van der Waals surface area (Å²) in [5, 5.41) is 10.4. The molecule has 1 aromatic carbocycles. The number of nitrogens with one attached hydrogen (secondary N) is 2. The van der Waals surface area contributed by atoms with Crippen LogP contribution < -0.4 is 16.4 Å². The summed E-state index contributed by atoms with van der Waals surface area (Å²) in [6.07, 6.45) is 9.74. The second-order valence-corrected chi connectivity index (χ2v) is 7.50. The minimum absolute atomic E-state index is 0.00646. The average molecular weight is 403 g/mol. The van der Waals surface area contributed by atoms with Crippen molar-refractivity contribution in [3.63, 3.8) is 0 Å². The van der Waals surface area contributed by atoms with E-state index < -0.39 is 0 Å². The highest BCUT2D eigenvalue weighted by molar-refractivity contribution is 5.79. The number of amides is 1. The van der Waals surface area contributed by atoms with Crippen molar-refractivity contribution in [3.8, 4) is 12.3 Å². The van der Waals surface area contributed by atoms with Crippen LogP contribution in [0.2, 0.25) is 0 Å². The van der Waals surface area contributed by atoms with Crippen LogP contribution in [-0.2, 0) is 11.3 Å². The Balaban J connectivity index is 1.59. The maximum absolute atomic E-state index is 12.2. The molecular formula is C22H25N7O. The molecule has 154 valence electrons. The number of rotatable bonds is 5. The zero-order valence-electron chi connectivity index (χ0n) is 16.9. The van der Waals surface area contributed by atoms with Gasteiger partial charge in [-0.25, -0.2) is 9.50 Å². The highest BCUT2D eigenvalue weighted by atomic mass is 16.1. The maximum atomic E-state index is 12.2. The number of fused-ring (bicyclic) bond motifs is 1. The molecule has 3 heterocycles. The van der Waals surface area contributed by atoms with Crippen molar-refractivity contribution < 1.29 is 4.79 Å². The van der Waals surface area contributed by atoms with Crippen LogP contribution in [-0.4, -0.2) is 51.6 Å². The van der Waals surface area contributed by atoms with Gasteiger partial charge in [-0.15, -0.1) is 6.42 Å². The smallest absolute Gasteiger partial charge is 0.225 e. The van der Waals surface area contributed by atoms with Crippen LogP contribution in [0, 0.1) is 18.3 Å². The van der Waals surface area contributed by atoms with E-state index in [9.17, 15) is 4.79 Å². The Morgan fingerprint density at radius 3 is 3.07 bits per heavy atom. The second kappa shape index (κ2) is 8.53. The number of hydrogen-bond donors (Lipinski definition) is 3. The largest absolute Gasteiger partial charge is 0.359 e. The molecule has 8 nitrogen and oxygen atoms in total. The van der Waals surface area contributed by atoms with Crippen molar-refractivity contribution in [1.29, 1.82) is 0 Å². The second-order valence-electron chi connectivity index (χ2n) is 7.50. The van der Waals surface area contributed by atoms with Gasteiger partial charge in [0.05, 0.1) is 5.92 Å². The molecule has 1 fully saturated rings. The minimum Gasteiger partial charge on any atom is -0.359 e. The lowest BCUT2D eigenvalue weighted by Gasteiger charge is -2.35. The van der Waals surface area contributed by atoms with E-state index in [4.69, 9.17) is 12.2 Å². The van der Waals surface area contributed by atoms with Gasteiger partial charge in [0.25, 0.3) is 0 Å². The van der Waals surface area contributed by atoms with Crippen LogP contribution in [0.4, 0.5) is 11.5 Å². The fourth-order valence-corrected chi connectivity index (χ4v) is 3.95. The third kappa shape index (κ3) is 3.99. The molecule has 1 saturated heterocycles. The van der Waals surface area contributed by atoms with Crippen LogP contribution in [0.1, 0.15) is 17.5 Å². The van der Waals surface area contributed by atoms with Crippen LogP contribution >= 0.6 is 0 Å². The third-order valence-corrected chi connectivity index (χ3v) is 5.56. The SMILES string of the molecule is C#Cc1cccc(Nc2ncnn3ccc(CN4CCC(N)[C@@H](C(=O)NC)C4)c23)c1. The van der Waals surface area contributed by atoms with E-state index in [1.165, 1.54) is 6.33 Å². The number of nitrogens with zero attached hydrogens (tertiary/aromatic N) is 4. The van der Waals surface area contributed by atoms with E-state index in [-0.39, 0.29) is 17.9 Å². The molecule has 2 atom stereocenters. The summed E-state index contributed by atoms with van der Waals surface area (Å²) in [4.78, 5) is 18.9. The molecule has 3 aromatic rings. The van der Waals surface area contributed by atoms with Crippen LogP contribution in [0.3, 0.4) is 0 Å². The summed E-state index contributed by atoms with van der Waals surface area (Å²) in [6, 6.07) is 9.56. The lowest BCUT2D eigenvalue weighted by atomic mass is 9.92. The standard InChI is InChI=1S/C22H25N7O/c1-3-15-5-4-6-17(11-15)27-21-20-16(7-10-29(20)26-14-25-21)12-28-9-8-19(23)18(13-28)22(30)24-2/h1,4-7,10-11,14,18-19H,8-9,12-13,23H2,2H3,(H,24,30)(H,25,26,27)/t18-,19?/m0/s1. The summed E-state index contributed by atoms with van der Waals surface area (Å²) < 4.78 is 1.81. The van der Waals surface area contributed by atoms with E-state index >= 15 is 0 Å². The highest BCUT2D eigenvalue weighted by Gasteiger charge is 2.31. The molecule has 30 heavy (non-hydrogen) atoms. The number of anilines is 2. The van der Waals surface area contributed by atoms with Gasteiger partial charge in [-0.1, -0.05) is 12.0 Å². The monoisotopic (exact) mass is 403 g/mol. The number of terminal acetylenes is 1. The third-order valence-electron chi connectivity index (χ3n) is 5.56. The van der Waals surface area contributed by atoms with Crippen LogP contribution in [0.25, 0.3) is 5.52 Å². The van der Waals surface area contributed by atoms with Crippen molar-refractivity contribution >= 4 is 22.9 Å². The molecule has 4 rings (SSSR count). The van der Waals surface area contributed by atoms with Crippen molar-refractivity contribution in [1.82, 2.24) is 24.8 Å². The Hall–Kier alpha value is -3.41.